The van der Waals surface area contributed by atoms with E-state index in [9.17, 15) is 9.59 Å². The van der Waals surface area contributed by atoms with Crippen LogP contribution in [0, 0.1) is 0 Å². The van der Waals surface area contributed by atoms with Gasteiger partial charge in [-0.2, -0.15) is 4.98 Å². The minimum Gasteiger partial charge on any atom is -0.447 e. The molecule has 2 aliphatic rings. The molecule has 0 spiro atoms. The number of ether oxygens (including phenoxy) is 1. The molecular weight excluding hydrogens is 362 g/mol. The molecule has 0 aliphatic carbocycles. The minimum atomic E-state index is -0.375. The molecule has 2 fully saturated rings. The summed E-state index contributed by atoms with van der Waals surface area (Å²) in [5, 5.41) is 6.92. The van der Waals surface area contributed by atoms with Gasteiger partial charge in [-0.1, -0.05) is 25.1 Å². The number of hydrogen-bond donors (Lipinski definition) is 1. The molecule has 2 aromatic rings. The fourth-order valence-corrected chi connectivity index (χ4v) is 3.46. The predicted octanol–water partition coefficient (Wildman–Crippen LogP) is 3.52. The van der Waals surface area contributed by atoms with Gasteiger partial charge >= 0.3 is 12.1 Å². The summed E-state index contributed by atoms with van der Waals surface area (Å²) in [6.07, 6.45) is 1.28. The maximum Gasteiger partial charge on any atom is 0.414 e. The van der Waals surface area contributed by atoms with E-state index in [1.165, 1.54) is 0 Å². The highest BCUT2D eigenvalue weighted by atomic mass is 16.6. The molecule has 0 bridgehead atoms. The van der Waals surface area contributed by atoms with Crippen LogP contribution in [-0.2, 0) is 4.74 Å². The van der Waals surface area contributed by atoms with E-state index in [2.05, 4.69) is 15.5 Å². The van der Waals surface area contributed by atoms with E-state index < -0.39 is 0 Å². The van der Waals surface area contributed by atoms with E-state index in [-0.39, 0.29) is 24.1 Å². The van der Waals surface area contributed by atoms with Crippen molar-refractivity contribution >= 4 is 23.5 Å². The number of nitrogens with zero attached hydrogens (tertiary/aromatic N) is 4. The number of carbonyl (C=O) groups excluding carboxylic acids is 2. The summed E-state index contributed by atoms with van der Waals surface area (Å²) < 4.78 is 10.4. The molecule has 9 nitrogen and oxygen atoms in total. The molecule has 0 saturated carbocycles. The largest absolute Gasteiger partial charge is 0.447 e. The zero-order chi connectivity index (χ0) is 19.7. The third-order valence-corrected chi connectivity index (χ3v) is 4.94. The summed E-state index contributed by atoms with van der Waals surface area (Å²) in [6.45, 7) is 5.48. The molecule has 0 unspecified atom stereocenters. The quantitative estimate of drug-likeness (QED) is 0.864. The van der Waals surface area contributed by atoms with Crippen molar-refractivity contribution in [3.63, 3.8) is 0 Å². The van der Waals surface area contributed by atoms with Crippen LogP contribution in [0.2, 0.25) is 0 Å². The van der Waals surface area contributed by atoms with Gasteiger partial charge in [0.25, 0.3) is 0 Å². The summed E-state index contributed by atoms with van der Waals surface area (Å²) in [5.74, 6) is 1.29. The minimum absolute atomic E-state index is 0.168. The van der Waals surface area contributed by atoms with Crippen molar-refractivity contribution in [2.75, 3.05) is 29.9 Å². The number of nitrogens with one attached hydrogen (secondary N) is 1. The normalized spacial score (nSPS) is 19.4. The van der Waals surface area contributed by atoms with Crippen molar-refractivity contribution in [3.05, 3.63) is 36.0 Å². The third kappa shape index (κ3) is 3.51. The zero-order valence-corrected chi connectivity index (χ0v) is 15.9. The smallest absolute Gasteiger partial charge is 0.414 e. The van der Waals surface area contributed by atoms with Crippen LogP contribution in [0.1, 0.15) is 50.4 Å². The zero-order valence-electron chi connectivity index (χ0n) is 15.9. The lowest BCUT2D eigenvalue weighted by Crippen LogP contribution is -2.34. The summed E-state index contributed by atoms with van der Waals surface area (Å²) in [7, 11) is 0. The number of anilines is 2. The molecule has 4 rings (SSSR count). The lowest BCUT2D eigenvalue weighted by molar-refractivity contribution is 0.181. The lowest BCUT2D eigenvalue weighted by Gasteiger charge is -2.22. The maximum absolute atomic E-state index is 12.9. The van der Waals surface area contributed by atoms with Gasteiger partial charge in [-0.05, 0) is 31.0 Å². The van der Waals surface area contributed by atoms with E-state index in [1.54, 1.807) is 28.0 Å². The molecule has 2 saturated heterocycles. The second-order valence-corrected chi connectivity index (χ2v) is 7.24. The average Bonchev–Trinajstić information content (AvgIpc) is 3.41. The molecule has 148 valence electrons. The monoisotopic (exact) mass is 385 g/mol. The van der Waals surface area contributed by atoms with E-state index in [1.807, 2.05) is 19.9 Å². The predicted molar refractivity (Wildman–Crippen MR) is 101 cm³/mol. The third-order valence-electron chi connectivity index (χ3n) is 4.94. The summed E-state index contributed by atoms with van der Waals surface area (Å²) >= 11 is 0. The van der Waals surface area contributed by atoms with Crippen LogP contribution >= 0.6 is 0 Å². The van der Waals surface area contributed by atoms with E-state index in [4.69, 9.17) is 9.26 Å². The average molecular weight is 385 g/mol. The number of rotatable bonds is 4. The van der Waals surface area contributed by atoms with Gasteiger partial charge in [0.15, 0.2) is 5.82 Å². The fraction of sp³-hybridized carbons (Fsp3) is 0.474. The van der Waals surface area contributed by atoms with Crippen molar-refractivity contribution in [3.8, 4) is 0 Å². The first-order valence-corrected chi connectivity index (χ1v) is 9.48. The maximum atomic E-state index is 12.9. The Morgan fingerprint density at radius 3 is 2.89 bits per heavy atom. The molecule has 0 radical (unpaired) electrons. The first-order valence-electron chi connectivity index (χ1n) is 9.48. The fourth-order valence-electron chi connectivity index (χ4n) is 3.46. The van der Waals surface area contributed by atoms with Gasteiger partial charge < -0.3 is 19.5 Å². The van der Waals surface area contributed by atoms with E-state index in [0.29, 0.717) is 42.8 Å². The SMILES string of the molecule is CC(C)c1noc([C@@H]2CCCN2C(=O)Nc2cccc(N3CCOC3=O)c2)n1. The standard InChI is InChI=1S/C19H23N5O4/c1-12(2)16-21-17(28-22-16)15-7-4-8-24(15)18(25)20-13-5-3-6-14(11-13)23-9-10-27-19(23)26/h3,5-6,11-12,15H,4,7-10H2,1-2H3,(H,20,25)/t15-/m0/s1. The summed E-state index contributed by atoms with van der Waals surface area (Å²) in [4.78, 5) is 32.3. The highest BCUT2D eigenvalue weighted by Crippen LogP contribution is 2.32. The van der Waals surface area contributed by atoms with Crippen molar-refractivity contribution in [2.45, 2.75) is 38.6 Å². The van der Waals surface area contributed by atoms with Crippen molar-refractivity contribution in [1.29, 1.82) is 0 Å². The van der Waals surface area contributed by atoms with Crippen molar-refractivity contribution in [1.82, 2.24) is 15.0 Å². The van der Waals surface area contributed by atoms with Gasteiger partial charge in [0.2, 0.25) is 5.89 Å². The molecular formula is C19H23N5O4. The molecule has 28 heavy (non-hydrogen) atoms. The van der Waals surface area contributed by atoms with Crippen LogP contribution < -0.4 is 10.2 Å². The van der Waals surface area contributed by atoms with Gasteiger partial charge in [0, 0.05) is 23.8 Å². The van der Waals surface area contributed by atoms with Crippen LogP contribution in [0.15, 0.2) is 28.8 Å². The molecule has 1 aromatic carbocycles. The number of carbonyl (C=O) groups is 2. The second kappa shape index (κ2) is 7.49. The molecule has 3 amide bonds. The topological polar surface area (TPSA) is 101 Å². The van der Waals surface area contributed by atoms with E-state index >= 15 is 0 Å². The van der Waals surface area contributed by atoms with Crippen LogP contribution in [0.25, 0.3) is 0 Å². The Balaban J connectivity index is 1.47. The number of likely N-dealkylation sites (tertiary alicyclic amines) is 1. The molecule has 9 heteroatoms. The number of benzene rings is 1. The Morgan fingerprint density at radius 2 is 2.18 bits per heavy atom. The van der Waals surface area contributed by atoms with Gasteiger partial charge in [-0.15, -0.1) is 0 Å². The molecule has 1 N–H and O–H groups in total. The highest BCUT2D eigenvalue weighted by molar-refractivity contribution is 5.93. The van der Waals surface area contributed by atoms with Gasteiger partial charge in [0.05, 0.1) is 6.54 Å². The van der Waals surface area contributed by atoms with Crippen LogP contribution in [0.5, 0.6) is 0 Å². The Bertz CT molecular complexity index is 881. The Morgan fingerprint density at radius 1 is 1.32 bits per heavy atom. The van der Waals surface area contributed by atoms with Crippen LogP contribution in [0.4, 0.5) is 21.0 Å². The number of aromatic nitrogens is 2. The lowest BCUT2D eigenvalue weighted by atomic mass is 10.2. The second-order valence-electron chi connectivity index (χ2n) is 7.24. The summed E-state index contributed by atoms with van der Waals surface area (Å²) in [5.41, 5.74) is 1.30. The molecule has 2 aliphatic heterocycles. The van der Waals surface area contributed by atoms with Gasteiger partial charge in [-0.25, -0.2) is 9.59 Å². The first kappa shape index (κ1) is 18.3. The van der Waals surface area contributed by atoms with Crippen LogP contribution in [0.3, 0.4) is 0 Å². The molecule has 1 atom stereocenters. The van der Waals surface area contributed by atoms with Gasteiger partial charge in [-0.3, -0.25) is 4.90 Å². The van der Waals surface area contributed by atoms with Gasteiger partial charge in [0.1, 0.15) is 12.6 Å². The van der Waals surface area contributed by atoms with Crippen molar-refractivity contribution < 1.29 is 18.8 Å². The first-order chi connectivity index (χ1) is 13.5. The number of hydrogen-bond acceptors (Lipinski definition) is 6. The molecule has 3 heterocycles. The Kier molecular flexibility index (Phi) is 4.89. The number of urea groups is 1. The number of cyclic esters (lactones) is 1. The Hall–Kier alpha value is -3.10. The Labute approximate surface area is 162 Å². The van der Waals surface area contributed by atoms with Crippen LogP contribution in [-0.4, -0.2) is 46.9 Å². The van der Waals surface area contributed by atoms with E-state index in [0.717, 1.165) is 12.8 Å². The molecule has 1 aromatic heterocycles. The highest BCUT2D eigenvalue weighted by Gasteiger charge is 2.34. The van der Waals surface area contributed by atoms with Crippen molar-refractivity contribution in [2.24, 2.45) is 0 Å². The summed E-state index contributed by atoms with van der Waals surface area (Å²) in [6, 6.07) is 6.71. The number of amides is 3.